The second-order valence-electron chi connectivity index (χ2n) is 4.07. The third kappa shape index (κ3) is 3.58. The molecular formula is C14H19NO3. The van der Waals surface area contributed by atoms with E-state index in [1.54, 1.807) is 24.3 Å². The standard InChI is InChI=1S/C14H19NO3/c1-4-10(5-2)13(16)15-12-8-6-11(7-9-12)14(17)18-3/h6-10H,4-5H2,1-3H3,(H,15,16). The monoisotopic (exact) mass is 249 g/mol. The van der Waals surface area contributed by atoms with E-state index in [9.17, 15) is 9.59 Å². The number of hydrogen-bond acceptors (Lipinski definition) is 3. The van der Waals surface area contributed by atoms with E-state index in [0.717, 1.165) is 12.8 Å². The van der Waals surface area contributed by atoms with Gasteiger partial charge in [-0.3, -0.25) is 4.79 Å². The molecule has 0 bridgehead atoms. The van der Waals surface area contributed by atoms with Crippen LogP contribution in [0.3, 0.4) is 0 Å². The molecule has 4 nitrogen and oxygen atoms in total. The molecule has 0 spiro atoms. The van der Waals surface area contributed by atoms with Crippen molar-refractivity contribution in [1.82, 2.24) is 0 Å². The van der Waals surface area contributed by atoms with Crippen molar-refractivity contribution in [3.63, 3.8) is 0 Å². The summed E-state index contributed by atoms with van der Waals surface area (Å²) in [6.45, 7) is 3.99. The summed E-state index contributed by atoms with van der Waals surface area (Å²) in [7, 11) is 1.34. The summed E-state index contributed by atoms with van der Waals surface area (Å²) in [5.41, 5.74) is 1.16. The molecule has 18 heavy (non-hydrogen) atoms. The molecular weight excluding hydrogens is 230 g/mol. The number of carbonyl (C=O) groups excluding carboxylic acids is 2. The molecule has 1 rings (SSSR count). The van der Waals surface area contributed by atoms with Crippen molar-refractivity contribution in [3.05, 3.63) is 29.8 Å². The van der Waals surface area contributed by atoms with Crippen LogP contribution in [0.4, 0.5) is 5.69 Å². The Kier molecular flexibility index (Phi) is 5.36. The molecule has 0 atom stereocenters. The summed E-state index contributed by atoms with van der Waals surface area (Å²) in [6, 6.07) is 6.67. The first kappa shape index (κ1) is 14.2. The molecule has 0 saturated heterocycles. The number of rotatable bonds is 5. The highest BCUT2D eigenvalue weighted by Gasteiger charge is 2.14. The summed E-state index contributed by atoms with van der Waals surface area (Å²) in [5.74, 6) is -0.330. The van der Waals surface area contributed by atoms with Gasteiger partial charge < -0.3 is 10.1 Å². The molecule has 0 unspecified atom stereocenters. The van der Waals surface area contributed by atoms with Gasteiger partial charge in [-0.05, 0) is 37.1 Å². The fourth-order valence-electron chi connectivity index (χ4n) is 1.71. The first-order valence-electron chi connectivity index (χ1n) is 6.11. The third-order valence-electron chi connectivity index (χ3n) is 2.93. The number of hydrogen-bond donors (Lipinski definition) is 1. The van der Waals surface area contributed by atoms with Crippen LogP contribution < -0.4 is 5.32 Å². The van der Waals surface area contributed by atoms with Gasteiger partial charge in [0.25, 0.3) is 0 Å². The summed E-state index contributed by atoms with van der Waals surface area (Å²) < 4.78 is 4.60. The maximum absolute atomic E-state index is 11.8. The Morgan fingerprint density at radius 1 is 1.17 bits per heavy atom. The van der Waals surface area contributed by atoms with Crippen molar-refractivity contribution in [2.75, 3.05) is 12.4 Å². The van der Waals surface area contributed by atoms with Crippen molar-refractivity contribution in [2.45, 2.75) is 26.7 Å². The number of anilines is 1. The maximum Gasteiger partial charge on any atom is 0.337 e. The molecule has 0 heterocycles. The van der Waals surface area contributed by atoms with E-state index in [1.165, 1.54) is 7.11 Å². The first-order valence-corrected chi connectivity index (χ1v) is 6.11. The Hall–Kier alpha value is -1.84. The number of esters is 1. The number of nitrogens with one attached hydrogen (secondary N) is 1. The minimum atomic E-state index is -0.382. The molecule has 1 aromatic rings. The van der Waals surface area contributed by atoms with Crippen LogP contribution in [0.25, 0.3) is 0 Å². The van der Waals surface area contributed by atoms with Crippen molar-refractivity contribution in [3.8, 4) is 0 Å². The van der Waals surface area contributed by atoms with E-state index in [1.807, 2.05) is 13.8 Å². The van der Waals surface area contributed by atoms with Crippen LogP contribution in [-0.2, 0) is 9.53 Å². The van der Waals surface area contributed by atoms with Crippen molar-refractivity contribution >= 4 is 17.6 Å². The first-order chi connectivity index (χ1) is 8.62. The van der Waals surface area contributed by atoms with Crippen LogP contribution in [0.5, 0.6) is 0 Å². The zero-order chi connectivity index (χ0) is 13.5. The molecule has 0 aliphatic heterocycles. The molecule has 1 N–H and O–H groups in total. The summed E-state index contributed by atoms with van der Waals surface area (Å²) >= 11 is 0. The van der Waals surface area contributed by atoms with Crippen LogP contribution in [0.1, 0.15) is 37.0 Å². The second kappa shape index (κ2) is 6.79. The lowest BCUT2D eigenvalue weighted by Crippen LogP contribution is -2.21. The molecule has 0 fully saturated rings. The molecule has 0 radical (unpaired) electrons. The Labute approximate surface area is 107 Å². The van der Waals surface area contributed by atoms with Crippen LogP contribution in [-0.4, -0.2) is 19.0 Å². The predicted octanol–water partition coefficient (Wildman–Crippen LogP) is 2.85. The highest BCUT2D eigenvalue weighted by molar-refractivity contribution is 5.94. The van der Waals surface area contributed by atoms with Crippen molar-refractivity contribution in [2.24, 2.45) is 5.92 Å². The Morgan fingerprint density at radius 2 is 1.72 bits per heavy atom. The van der Waals surface area contributed by atoms with Gasteiger partial charge in [-0.15, -0.1) is 0 Å². The Morgan fingerprint density at radius 3 is 2.17 bits per heavy atom. The fraction of sp³-hybridized carbons (Fsp3) is 0.429. The van der Waals surface area contributed by atoms with E-state index in [4.69, 9.17) is 0 Å². The van der Waals surface area contributed by atoms with Crippen LogP contribution >= 0.6 is 0 Å². The van der Waals surface area contributed by atoms with E-state index < -0.39 is 0 Å². The van der Waals surface area contributed by atoms with Gasteiger partial charge in [0.1, 0.15) is 0 Å². The minimum absolute atomic E-state index is 0.0193. The number of benzene rings is 1. The van der Waals surface area contributed by atoms with Crippen LogP contribution in [0.2, 0.25) is 0 Å². The SMILES string of the molecule is CCC(CC)C(=O)Nc1ccc(C(=O)OC)cc1. The van der Waals surface area contributed by atoms with Gasteiger partial charge in [-0.2, -0.15) is 0 Å². The largest absolute Gasteiger partial charge is 0.465 e. The average molecular weight is 249 g/mol. The molecule has 0 aliphatic carbocycles. The van der Waals surface area contributed by atoms with E-state index in [0.29, 0.717) is 11.3 Å². The lowest BCUT2D eigenvalue weighted by Gasteiger charge is -2.12. The molecule has 1 amide bonds. The van der Waals surface area contributed by atoms with Gasteiger partial charge >= 0.3 is 5.97 Å². The molecule has 0 saturated carbocycles. The van der Waals surface area contributed by atoms with Gasteiger partial charge in [0.05, 0.1) is 12.7 Å². The average Bonchev–Trinajstić information content (AvgIpc) is 2.40. The molecule has 4 heteroatoms. The van der Waals surface area contributed by atoms with E-state index >= 15 is 0 Å². The van der Waals surface area contributed by atoms with Gasteiger partial charge in [0, 0.05) is 11.6 Å². The van der Waals surface area contributed by atoms with Gasteiger partial charge in [-0.1, -0.05) is 13.8 Å². The highest BCUT2D eigenvalue weighted by Crippen LogP contribution is 2.14. The summed E-state index contributed by atoms with van der Waals surface area (Å²) in [4.78, 5) is 23.1. The van der Waals surface area contributed by atoms with Gasteiger partial charge in [-0.25, -0.2) is 4.79 Å². The smallest absolute Gasteiger partial charge is 0.337 e. The summed E-state index contributed by atoms with van der Waals surface area (Å²) in [5, 5.41) is 2.84. The van der Waals surface area contributed by atoms with Crippen LogP contribution in [0, 0.1) is 5.92 Å². The van der Waals surface area contributed by atoms with Gasteiger partial charge in [0.15, 0.2) is 0 Å². The zero-order valence-corrected chi connectivity index (χ0v) is 11.0. The quantitative estimate of drug-likeness (QED) is 0.816. The fourth-order valence-corrected chi connectivity index (χ4v) is 1.71. The lowest BCUT2D eigenvalue weighted by atomic mass is 10.0. The normalized spacial score (nSPS) is 10.2. The van der Waals surface area contributed by atoms with Crippen molar-refractivity contribution in [1.29, 1.82) is 0 Å². The molecule has 1 aromatic carbocycles. The highest BCUT2D eigenvalue weighted by atomic mass is 16.5. The number of carbonyl (C=O) groups is 2. The molecule has 0 aromatic heterocycles. The maximum atomic E-state index is 11.8. The third-order valence-corrected chi connectivity index (χ3v) is 2.93. The lowest BCUT2D eigenvalue weighted by molar-refractivity contribution is -0.120. The van der Waals surface area contributed by atoms with Gasteiger partial charge in [0.2, 0.25) is 5.91 Å². The second-order valence-corrected chi connectivity index (χ2v) is 4.07. The minimum Gasteiger partial charge on any atom is -0.465 e. The number of ether oxygens (including phenoxy) is 1. The van der Waals surface area contributed by atoms with Crippen LogP contribution in [0.15, 0.2) is 24.3 Å². The topological polar surface area (TPSA) is 55.4 Å². The van der Waals surface area contributed by atoms with Crippen molar-refractivity contribution < 1.29 is 14.3 Å². The summed E-state index contributed by atoms with van der Waals surface area (Å²) in [6.07, 6.45) is 1.64. The molecule has 0 aliphatic rings. The van der Waals surface area contributed by atoms with E-state index in [2.05, 4.69) is 10.1 Å². The Bertz CT molecular complexity index is 408. The van der Waals surface area contributed by atoms with E-state index in [-0.39, 0.29) is 17.8 Å². The molecule has 98 valence electrons. The number of amides is 1. The zero-order valence-electron chi connectivity index (χ0n) is 11.0. The number of methoxy groups -OCH3 is 1. The predicted molar refractivity (Wildman–Crippen MR) is 70.5 cm³/mol. The Balaban J connectivity index is 2.69.